The standard InChI is InChI=1S/C28H40N4O2/c1-6-20-14-16-22(17-15-20)32-25(33)23-18-24(27(2,3)4)30-31(23)19-28(32,5)26(34)29-21-12-10-8-7-9-11-13-21/h14-18,21H,6-13,19H2,1-5H3,(H,29,34)/t28-/m0/s1. The maximum absolute atomic E-state index is 13.9. The lowest BCUT2D eigenvalue weighted by atomic mass is 9.90. The Hall–Kier alpha value is -2.63. The van der Waals surface area contributed by atoms with Crippen molar-refractivity contribution >= 4 is 17.5 Å². The van der Waals surface area contributed by atoms with Crippen molar-refractivity contribution in [2.75, 3.05) is 4.90 Å². The lowest BCUT2D eigenvalue weighted by Crippen LogP contribution is -2.65. The van der Waals surface area contributed by atoms with E-state index < -0.39 is 5.54 Å². The first-order valence-corrected chi connectivity index (χ1v) is 13.0. The van der Waals surface area contributed by atoms with Gasteiger partial charge in [0.1, 0.15) is 11.2 Å². The number of fused-ring (bicyclic) bond motifs is 1. The summed E-state index contributed by atoms with van der Waals surface area (Å²) in [4.78, 5) is 29.5. The van der Waals surface area contributed by atoms with Crippen LogP contribution >= 0.6 is 0 Å². The third-order valence-corrected chi connectivity index (χ3v) is 7.45. The maximum Gasteiger partial charge on any atom is 0.277 e. The Morgan fingerprint density at radius 2 is 1.71 bits per heavy atom. The van der Waals surface area contributed by atoms with Crippen LogP contribution in [0.15, 0.2) is 30.3 Å². The second kappa shape index (κ2) is 9.55. The number of anilines is 1. The maximum atomic E-state index is 13.9. The summed E-state index contributed by atoms with van der Waals surface area (Å²) >= 11 is 0. The van der Waals surface area contributed by atoms with E-state index in [2.05, 4.69) is 33.0 Å². The summed E-state index contributed by atoms with van der Waals surface area (Å²) < 4.78 is 1.75. The molecule has 0 spiro atoms. The molecule has 0 bridgehead atoms. The molecule has 6 nitrogen and oxygen atoms in total. The van der Waals surface area contributed by atoms with Crippen molar-refractivity contribution in [3.05, 3.63) is 47.3 Å². The van der Waals surface area contributed by atoms with Gasteiger partial charge in [0, 0.05) is 17.1 Å². The van der Waals surface area contributed by atoms with Crippen molar-refractivity contribution in [3.63, 3.8) is 0 Å². The van der Waals surface area contributed by atoms with Gasteiger partial charge in [-0.3, -0.25) is 19.2 Å². The van der Waals surface area contributed by atoms with E-state index in [0.29, 0.717) is 12.2 Å². The Kier molecular flexibility index (Phi) is 6.88. The van der Waals surface area contributed by atoms with E-state index in [1.807, 2.05) is 37.3 Å². The molecule has 34 heavy (non-hydrogen) atoms. The van der Waals surface area contributed by atoms with Crippen molar-refractivity contribution in [1.82, 2.24) is 15.1 Å². The Morgan fingerprint density at radius 3 is 2.29 bits per heavy atom. The van der Waals surface area contributed by atoms with Crippen LogP contribution in [0.1, 0.15) is 101 Å². The summed E-state index contributed by atoms with van der Waals surface area (Å²) in [7, 11) is 0. The summed E-state index contributed by atoms with van der Waals surface area (Å²) in [5.74, 6) is -0.265. The molecule has 0 radical (unpaired) electrons. The number of nitrogens with one attached hydrogen (secondary N) is 1. The van der Waals surface area contributed by atoms with Gasteiger partial charge in [-0.15, -0.1) is 0 Å². The molecule has 4 rings (SSSR count). The van der Waals surface area contributed by atoms with Gasteiger partial charge in [-0.1, -0.05) is 71.9 Å². The van der Waals surface area contributed by atoms with Crippen LogP contribution in [-0.4, -0.2) is 33.2 Å². The van der Waals surface area contributed by atoms with Crippen molar-refractivity contribution in [2.24, 2.45) is 0 Å². The molecule has 2 aliphatic rings. The second-order valence-electron chi connectivity index (χ2n) is 11.3. The fourth-order valence-corrected chi connectivity index (χ4v) is 5.17. The smallest absolute Gasteiger partial charge is 0.277 e. The fourth-order valence-electron chi connectivity index (χ4n) is 5.17. The van der Waals surface area contributed by atoms with E-state index in [-0.39, 0.29) is 23.3 Å². The van der Waals surface area contributed by atoms with Crippen molar-refractivity contribution < 1.29 is 9.59 Å². The molecular weight excluding hydrogens is 424 g/mol. The van der Waals surface area contributed by atoms with Crippen LogP contribution in [0.3, 0.4) is 0 Å². The van der Waals surface area contributed by atoms with E-state index in [0.717, 1.165) is 43.5 Å². The minimum Gasteiger partial charge on any atom is -0.351 e. The average molecular weight is 465 g/mol. The number of hydrogen-bond donors (Lipinski definition) is 1. The fraction of sp³-hybridized carbons (Fsp3) is 0.607. The van der Waals surface area contributed by atoms with Crippen LogP contribution in [0.5, 0.6) is 0 Å². The summed E-state index contributed by atoms with van der Waals surface area (Å²) in [5.41, 5.74) is 2.11. The van der Waals surface area contributed by atoms with Gasteiger partial charge < -0.3 is 5.32 Å². The molecular formula is C28H40N4O2. The van der Waals surface area contributed by atoms with Gasteiger partial charge in [0.25, 0.3) is 5.91 Å². The second-order valence-corrected chi connectivity index (χ2v) is 11.3. The van der Waals surface area contributed by atoms with Crippen molar-refractivity contribution in [1.29, 1.82) is 0 Å². The summed E-state index contributed by atoms with van der Waals surface area (Å²) in [6, 6.07) is 10.1. The third-order valence-electron chi connectivity index (χ3n) is 7.45. The first-order chi connectivity index (χ1) is 16.1. The molecule has 0 unspecified atom stereocenters. The molecule has 6 heteroatoms. The van der Waals surface area contributed by atoms with E-state index >= 15 is 0 Å². The van der Waals surface area contributed by atoms with Gasteiger partial charge in [0.15, 0.2) is 0 Å². The molecule has 1 atom stereocenters. The summed E-state index contributed by atoms with van der Waals surface area (Å²) in [6.45, 7) is 10.6. The normalized spacial score (nSPS) is 22.1. The van der Waals surface area contributed by atoms with E-state index in [1.54, 1.807) is 9.58 Å². The van der Waals surface area contributed by atoms with Gasteiger partial charge in [0.05, 0.1) is 12.2 Å². The number of carbonyl (C=O) groups excluding carboxylic acids is 2. The number of amides is 2. The predicted octanol–water partition coefficient (Wildman–Crippen LogP) is 5.39. The van der Waals surface area contributed by atoms with E-state index in [9.17, 15) is 9.59 Å². The van der Waals surface area contributed by atoms with Crippen LogP contribution in [0.2, 0.25) is 0 Å². The van der Waals surface area contributed by atoms with Crippen LogP contribution in [0.4, 0.5) is 5.69 Å². The quantitative estimate of drug-likeness (QED) is 0.660. The van der Waals surface area contributed by atoms with Crippen molar-refractivity contribution in [2.45, 2.75) is 110 Å². The largest absolute Gasteiger partial charge is 0.351 e. The van der Waals surface area contributed by atoms with E-state index in [1.165, 1.54) is 24.8 Å². The topological polar surface area (TPSA) is 67.2 Å². The first kappa shape index (κ1) is 24.5. The van der Waals surface area contributed by atoms with Crippen LogP contribution in [-0.2, 0) is 23.2 Å². The monoisotopic (exact) mass is 464 g/mol. The zero-order valence-corrected chi connectivity index (χ0v) is 21.5. The number of aryl methyl sites for hydroxylation is 1. The molecule has 1 aliphatic carbocycles. The Labute approximate surface area is 204 Å². The summed E-state index contributed by atoms with van der Waals surface area (Å²) in [5, 5.41) is 8.10. The lowest BCUT2D eigenvalue weighted by Gasteiger charge is -2.44. The molecule has 2 aromatic rings. The lowest BCUT2D eigenvalue weighted by molar-refractivity contribution is -0.127. The van der Waals surface area contributed by atoms with Gasteiger partial charge in [-0.2, -0.15) is 5.10 Å². The highest BCUT2D eigenvalue weighted by Gasteiger charge is 2.49. The zero-order valence-electron chi connectivity index (χ0n) is 21.5. The third kappa shape index (κ3) is 4.77. The number of aromatic nitrogens is 2. The highest BCUT2D eigenvalue weighted by atomic mass is 16.2. The Bertz CT molecular complexity index is 1030. The summed E-state index contributed by atoms with van der Waals surface area (Å²) in [6.07, 6.45) is 8.95. The minimum atomic E-state index is -1.07. The van der Waals surface area contributed by atoms with Crippen LogP contribution < -0.4 is 10.2 Å². The molecule has 2 amide bonds. The predicted molar refractivity (Wildman–Crippen MR) is 136 cm³/mol. The Morgan fingerprint density at radius 1 is 1.09 bits per heavy atom. The molecule has 1 fully saturated rings. The molecule has 1 saturated carbocycles. The molecule has 1 aromatic heterocycles. The van der Waals surface area contributed by atoms with E-state index in [4.69, 9.17) is 5.10 Å². The van der Waals surface area contributed by atoms with Gasteiger partial charge >= 0.3 is 0 Å². The number of nitrogens with zero attached hydrogens (tertiary/aromatic N) is 3. The molecule has 2 heterocycles. The Balaban J connectivity index is 1.72. The molecule has 1 aromatic carbocycles. The van der Waals surface area contributed by atoms with Gasteiger partial charge in [0.2, 0.25) is 5.91 Å². The zero-order chi connectivity index (χ0) is 24.5. The average Bonchev–Trinajstić information content (AvgIpc) is 3.20. The number of carbonyl (C=O) groups is 2. The van der Waals surface area contributed by atoms with Gasteiger partial charge in [-0.25, -0.2) is 0 Å². The molecule has 1 aliphatic heterocycles. The highest BCUT2D eigenvalue weighted by Crippen LogP contribution is 2.35. The highest BCUT2D eigenvalue weighted by molar-refractivity contribution is 6.11. The van der Waals surface area contributed by atoms with Crippen LogP contribution in [0.25, 0.3) is 0 Å². The first-order valence-electron chi connectivity index (χ1n) is 13.0. The number of benzene rings is 1. The molecule has 0 saturated heterocycles. The number of rotatable bonds is 4. The minimum absolute atomic E-state index is 0.0931. The van der Waals surface area contributed by atoms with Crippen LogP contribution in [0, 0.1) is 0 Å². The SMILES string of the molecule is CCc1ccc(N2C(=O)c3cc(C(C)(C)C)nn3C[C@@]2(C)C(=O)NC2CCCCCCC2)cc1. The number of hydrogen-bond acceptors (Lipinski definition) is 3. The van der Waals surface area contributed by atoms with Gasteiger partial charge in [-0.05, 0) is 49.9 Å². The van der Waals surface area contributed by atoms with Crippen molar-refractivity contribution in [3.8, 4) is 0 Å². The molecule has 1 N–H and O–H groups in total. The molecule has 184 valence electrons.